The number of rotatable bonds is 5. The van der Waals surface area contributed by atoms with Gasteiger partial charge in [0.2, 0.25) is 5.91 Å². The Morgan fingerprint density at radius 1 is 1.41 bits per heavy atom. The Morgan fingerprint density at radius 2 is 2.00 bits per heavy atom. The number of carbonyl (C=O) groups excluding carboxylic acids is 1. The summed E-state index contributed by atoms with van der Waals surface area (Å²) in [4.78, 5) is 10.7. The molecule has 0 radical (unpaired) electrons. The quantitative estimate of drug-likeness (QED) is 0.709. The lowest BCUT2D eigenvalue weighted by Gasteiger charge is -2.18. The zero-order chi connectivity index (χ0) is 12.8. The summed E-state index contributed by atoms with van der Waals surface area (Å²) < 4.78 is 0. The Balaban J connectivity index is 2.63. The Hall–Kier alpha value is -1.65. The van der Waals surface area contributed by atoms with Crippen LogP contribution in [0.5, 0.6) is 0 Å². The zero-order valence-electron chi connectivity index (χ0n) is 9.76. The van der Waals surface area contributed by atoms with Crippen molar-refractivity contribution in [1.29, 1.82) is 0 Å². The Kier molecular flexibility index (Phi) is 4.87. The average Bonchev–Trinajstić information content (AvgIpc) is 2.35. The van der Waals surface area contributed by atoms with Crippen LogP contribution in [0.1, 0.15) is 24.2 Å². The highest BCUT2D eigenvalue weighted by atomic mass is 16.3. The molecule has 2 atom stereocenters. The number of carbonyl (C=O) groups is 1. The van der Waals surface area contributed by atoms with Crippen LogP contribution in [0.25, 0.3) is 6.08 Å². The maximum absolute atomic E-state index is 10.7. The number of amides is 1. The van der Waals surface area contributed by atoms with Gasteiger partial charge in [-0.15, -0.1) is 0 Å². The van der Waals surface area contributed by atoms with Crippen molar-refractivity contribution in [3.8, 4) is 0 Å². The summed E-state index contributed by atoms with van der Waals surface area (Å²) in [5, 5.41) is 22.0. The van der Waals surface area contributed by atoms with E-state index in [1.165, 1.54) is 6.92 Å². The molecule has 1 rings (SSSR count). The summed E-state index contributed by atoms with van der Waals surface area (Å²) in [6, 6.07) is 7.05. The summed E-state index contributed by atoms with van der Waals surface area (Å²) in [5.41, 5.74) is 1.55. The summed E-state index contributed by atoms with van der Waals surface area (Å²) in [6.45, 7) is 5.02. The predicted octanol–water partition coefficient (Wildman–Crippen LogP) is 0.860. The predicted molar refractivity (Wildman–Crippen MR) is 66.2 cm³/mol. The molecule has 0 aromatic heterocycles. The monoisotopic (exact) mass is 235 g/mol. The first-order valence-corrected chi connectivity index (χ1v) is 5.37. The van der Waals surface area contributed by atoms with Crippen molar-refractivity contribution in [2.24, 2.45) is 0 Å². The normalized spacial score (nSPS) is 13.8. The molecule has 0 saturated carbocycles. The van der Waals surface area contributed by atoms with Gasteiger partial charge in [0.1, 0.15) is 12.2 Å². The first-order valence-electron chi connectivity index (χ1n) is 5.37. The van der Waals surface area contributed by atoms with E-state index in [0.717, 1.165) is 5.56 Å². The first kappa shape index (κ1) is 13.4. The fourth-order valence-electron chi connectivity index (χ4n) is 1.41. The van der Waals surface area contributed by atoms with Crippen molar-refractivity contribution < 1.29 is 15.0 Å². The fourth-order valence-corrected chi connectivity index (χ4v) is 1.41. The third-order valence-electron chi connectivity index (χ3n) is 2.44. The lowest BCUT2D eigenvalue weighted by molar-refractivity contribution is -0.119. The standard InChI is InChI=1S/C13H17NO3/c1-3-10-4-6-11(7-5-10)13(17)12(16)8-14-9(2)15/h3-7,12-13,16-17H,1,8H2,2H3,(H,14,15). The molecule has 1 amide bonds. The van der Waals surface area contributed by atoms with Gasteiger partial charge in [-0.1, -0.05) is 36.9 Å². The van der Waals surface area contributed by atoms with Crippen LogP contribution >= 0.6 is 0 Å². The van der Waals surface area contributed by atoms with Gasteiger partial charge in [-0.05, 0) is 11.1 Å². The number of hydrogen-bond acceptors (Lipinski definition) is 3. The fraction of sp³-hybridized carbons (Fsp3) is 0.308. The molecule has 4 heteroatoms. The minimum absolute atomic E-state index is 0.0275. The molecule has 0 spiro atoms. The Labute approximate surface area is 101 Å². The Morgan fingerprint density at radius 3 is 2.47 bits per heavy atom. The van der Waals surface area contributed by atoms with Gasteiger partial charge in [-0.2, -0.15) is 0 Å². The topological polar surface area (TPSA) is 69.6 Å². The molecule has 3 N–H and O–H groups in total. The maximum atomic E-state index is 10.7. The highest BCUT2D eigenvalue weighted by Gasteiger charge is 2.18. The van der Waals surface area contributed by atoms with Crippen LogP contribution in [0.4, 0.5) is 0 Å². The van der Waals surface area contributed by atoms with Gasteiger partial charge in [0.15, 0.2) is 0 Å². The second-order valence-corrected chi connectivity index (χ2v) is 3.82. The molecule has 0 fully saturated rings. The van der Waals surface area contributed by atoms with E-state index < -0.39 is 12.2 Å². The van der Waals surface area contributed by atoms with Crippen LogP contribution < -0.4 is 5.32 Å². The van der Waals surface area contributed by atoms with E-state index in [1.807, 2.05) is 0 Å². The maximum Gasteiger partial charge on any atom is 0.216 e. The third kappa shape index (κ3) is 4.01. The number of aliphatic hydroxyl groups excluding tert-OH is 2. The second-order valence-electron chi connectivity index (χ2n) is 3.82. The van der Waals surface area contributed by atoms with Crippen molar-refractivity contribution in [2.75, 3.05) is 6.54 Å². The molecular formula is C13H17NO3. The summed E-state index contributed by atoms with van der Waals surface area (Å²) in [6.07, 6.45) is -0.335. The van der Waals surface area contributed by atoms with Crippen molar-refractivity contribution in [2.45, 2.75) is 19.1 Å². The van der Waals surface area contributed by atoms with Crippen LogP contribution in [-0.2, 0) is 4.79 Å². The molecule has 0 aliphatic rings. The molecule has 0 heterocycles. The summed E-state index contributed by atoms with van der Waals surface area (Å²) in [5.74, 6) is -0.238. The smallest absolute Gasteiger partial charge is 0.216 e. The van der Waals surface area contributed by atoms with Gasteiger partial charge in [0.05, 0.1) is 0 Å². The third-order valence-corrected chi connectivity index (χ3v) is 2.44. The zero-order valence-corrected chi connectivity index (χ0v) is 9.76. The average molecular weight is 235 g/mol. The molecule has 0 aliphatic carbocycles. The lowest BCUT2D eigenvalue weighted by atomic mass is 10.0. The molecule has 0 bridgehead atoms. The van der Waals surface area contributed by atoms with Gasteiger partial charge in [-0.25, -0.2) is 0 Å². The molecular weight excluding hydrogens is 218 g/mol. The first-order chi connectivity index (χ1) is 8.04. The van der Waals surface area contributed by atoms with Gasteiger partial charge in [0.25, 0.3) is 0 Å². The van der Waals surface area contributed by atoms with E-state index in [-0.39, 0.29) is 12.5 Å². The van der Waals surface area contributed by atoms with Gasteiger partial charge in [0, 0.05) is 13.5 Å². The molecule has 2 unspecified atom stereocenters. The number of benzene rings is 1. The van der Waals surface area contributed by atoms with Crippen molar-refractivity contribution in [1.82, 2.24) is 5.32 Å². The number of aliphatic hydroxyl groups is 2. The molecule has 92 valence electrons. The molecule has 1 aromatic rings. The molecule has 17 heavy (non-hydrogen) atoms. The van der Waals surface area contributed by atoms with Crippen LogP contribution in [0.3, 0.4) is 0 Å². The van der Waals surface area contributed by atoms with Crippen LogP contribution in [-0.4, -0.2) is 28.8 Å². The van der Waals surface area contributed by atoms with Gasteiger partial charge < -0.3 is 15.5 Å². The van der Waals surface area contributed by atoms with Gasteiger partial charge in [-0.3, -0.25) is 4.79 Å². The van der Waals surface area contributed by atoms with E-state index in [4.69, 9.17) is 0 Å². The highest BCUT2D eigenvalue weighted by molar-refractivity contribution is 5.72. The minimum Gasteiger partial charge on any atom is -0.388 e. The van der Waals surface area contributed by atoms with E-state index in [0.29, 0.717) is 5.56 Å². The summed E-state index contributed by atoms with van der Waals surface area (Å²) >= 11 is 0. The second kappa shape index (κ2) is 6.18. The van der Waals surface area contributed by atoms with Gasteiger partial charge >= 0.3 is 0 Å². The number of hydrogen-bond donors (Lipinski definition) is 3. The van der Waals surface area contributed by atoms with Crippen molar-refractivity contribution >= 4 is 12.0 Å². The molecule has 1 aromatic carbocycles. The van der Waals surface area contributed by atoms with E-state index in [9.17, 15) is 15.0 Å². The molecule has 0 aliphatic heterocycles. The van der Waals surface area contributed by atoms with Crippen LogP contribution in [0.15, 0.2) is 30.8 Å². The largest absolute Gasteiger partial charge is 0.388 e. The Bertz CT molecular complexity index is 386. The van der Waals surface area contributed by atoms with E-state index in [1.54, 1.807) is 30.3 Å². The van der Waals surface area contributed by atoms with Crippen molar-refractivity contribution in [3.05, 3.63) is 42.0 Å². The van der Waals surface area contributed by atoms with Crippen LogP contribution in [0.2, 0.25) is 0 Å². The molecule has 4 nitrogen and oxygen atoms in total. The SMILES string of the molecule is C=Cc1ccc(C(O)C(O)CNC(C)=O)cc1. The van der Waals surface area contributed by atoms with Crippen molar-refractivity contribution in [3.63, 3.8) is 0 Å². The molecule has 0 saturated heterocycles. The lowest BCUT2D eigenvalue weighted by Crippen LogP contribution is -2.34. The summed E-state index contributed by atoms with van der Waals surface area (Å²) in [7, 11) is 0. The van der Waals surface area contributed by atoms with Crippen LogP contribution in [0, 0.1) is 0 Å². The minimum atomic E-state index is -1.02. The van der Waals surface area contributed by atoms with E-state index >= 15 is 0 Å². The number of nitrogens with one attached hydrogen (secondary N) is 1. The highest BCUT2D eigenvalue weighted by Crippen LogP contribution is 2.17. The van der Waals surface area contributed by atoms with E-state index in [2.05, 4.69) is 11.9 Å².